The van der Waals surface area contributed by atoms with Crippen LogP contribution in [0.2, 0.25) is 0 Å². The van der Waals surface area contributed by atoms with Crippen LogP contribution in [0, 0.1) is 19.7 Å². The van der Waals surface area contributed by atoms with Crippen molar-refractivity contribution in [3.63, 3.8) is 0 Å². The molecule has 1 amide bonds. The van der Waals surface area contributed by atoms with E-state index in [1.165, 1.54) is 24.6 Å². The number of carbonyl (C=O) groups is 1. The predicted molar refractivity (Wildman–Crippen MR) is 138 cm³/mol. The molecule has 0 aromatic heterocycles. The lowest BCUT2D eigenvalue weighted by Crippen LogP contribution is -2.55. The van der Waals surface area contributed by atoms with Crippen molar-refractivity contribution >= 4 is 11.6 Å². The van der Waals surface area contributed by atoms with Gasteiger partial charge in [-0.25, -0.2) is 4.39 Å². The van der Waals surface area contributed by atoms with E-state index in [2.05, 4.69) is 36.1 Å². The molecule has 2 saturated heterocycles. The van der Waals surface area contributed by atoms with Gasteiger partial charge in [0.15, 0.2) is 0 Å². The highest BCUT2D eigenvalue weighted by molar-refractivity contribution is 5.73. The average molecular weight is 500 g/mol. The smallest absolute Gasteiger partial charge is 0.219 e. The number of halogens is 1. The van der Waals surface area contributed by atoms with E-state index in [0.717, 1.165) is 18.8 Å². The maximum Gasteiger partial charge on any atom is 0.219 e. The number of ether oxygens (including phenoxy) is 1. The van der Waals surface area contributed by atoms with Crippen molar-refractivity contribution in [3.8, 4) is 5.75 Å². The molecule has 2 heterocycles. The first-order valence-electron chi connectivity index (χ1n) is 12.7. The maximum atomic E-state index is 13.6. The molecule has 0 aliphatic carbocycles. The summed E-state index contributed by atoms with van der Waals surface area (Å²) in [6.45, 7) is 8.53. The molecule has 2 fully saturated rings. The number of aryl methyl sites for hydroxylation is 2. The first-order chi connectivity index (χ1) is 17.0. The predicted octanol–water partition coefficient (Wildman–Crippen LogP) is 2.75. The summed E-state index contributed by atoms with van der Waals surface area (Å²) in [5, 5.41) is 23.0. The monoisotopic (exact) mass is 499 g/mol. The maximum absolute atomic E-state index is 13.6. The third-order valence-electron chi connectivity index (χ3n) is 7.38. The third kappa shape index (κ3) is 6.55. The number of amides is 1. The van der Waals surface area contributed by atoms with Crippen molar-refractivity contribution in [2.45, 2.75) is 44.8 Å². The fraction of sp³-hybridized carbons (Fsp3) is 0.536. The Morgan fingerprint density at radius 3 is 2.31 bits per heavy atom. The van der Waals surface area contributed by atoms with Crippen molar-refractivity contribution in [2.75, 3.05) is 57.3 Å². The lowest BCUT2D eigenvalue weighted by molar-refractivity contribution is -0.132. The number of anilines is 1. The summed E-state index contributed by atoms with van der Waals surface area (Å²) in [6, 6.07) is 12.9. The number of aliphatic hydroxyl groups is 2. The molecule has 0 saturated carbocycles. The van der Waals surface area contributed by atoms with Gasteiger partial charge >= 0.3 is 0 Å². The molecule has 7 nitrogen and oxygen atoms in total. The third-order valence-corrected chi connectivity index (χ3v) is 7.38. The number of piperidine rings is 1. The van der Waals surface area contributed by atoms with Gasteiger partial charge in [-0.1, -0.05) is 17.7 Å². The van der Waals surface area contributed by atoms with Gasteiger partial charge < -0.3 is 24.7 Å². The van der Waals surface area contributed by atoms with Gasteiger partial charge in [-0.05, 0) is 62.6 Å². The molecule has 36 heavy (non-hydrogen) atoms. The SMILES string of the molecule is CC(=O)N1CCN(CC2(O)CCN(c3ccc(C)cc3)CC2)C[C@@](O)(COc2ccc(F)c(C)c2)C1. The lowest BCUT2D eigenvalue weighted by Gasteiger charge is -2.42. The van der Waals surface area contributed by atoms with Crippen LogP contribution in [-0.4, -0.2) is 89.5 Å². The van der Waals surface area contributed by atoms with Gasteiger partial charge in [0.2, 0.25) is 5.91 Å². The summed E-state index contributed by atoms with van der Waals surface area (Å²) >= 11 is 0. The molecule has 0 radical (unpaired) electrons. The van der Waals surface area contributed by atoms with Crippen molar-refractivity contribution in [1.82, 2.24) is 9.80 Å². The van der Waals surface area contributed by atoms with Crippen LogP contribution in [0.4, 0.5) is 10.1 Å². The largest absolute Gasteiger partial charge is 0.490 e. The van der Waals surface area contributed by atoms with Crippen molar-refractivity contribution in [3.05, 3.63) is 59.4 Å². The van der Waals surface area contributed by atoms with Crippen molar-refractivity contribution in [2.24, 2.45) is 0 Å². The summed E-state index contributed by atoms with van der Waals surface area (Å²) in [7, 11) is 0. The van der Waals surface area contributed by atoms with Crippen LogP contribution in [-0.2, 0) is 4.79 Å². The Morgan fingerprint density at radius 1 is 0.972 bits per heavy atom. The Balaban J connectivity index is 1.41. The summed E-state index contributed by atoms with van der Waals surface area (Å²) in [4.78, 5) is 18.2. The number of carbonyl (C=O) groups excluding carboxylic acids is 1. The highest BCUT2D eigenvalue weighted by Crippen LogP contribution is 2.29. The van der Waals surface area contributed by atoms with Gasteiger partial charge in [0, 0.05) is 51.9 Å². The molecular weight excluding hydrogens is 461 g/mol. The Kier molecular flexibility index (Phi) is 7.87. The standard InChI is InChI=1S/C28H38FN3O4/c1-21-4-6-24(7-5-21)31-12-10-27(34,11-13-31)17-30-14-15-32(23(3)33)19-28(35,18-30)20-36-25-8-9-26(29)22(2)16-25/h4-9,16,34-35H,10-15,17-20H2,1-3H3/t28-/m0/s1. The lowest BCUT2D eigenvalue weighted by atomic mass is 9.90. The number of hydrogen-bond donors (Lipinski definition) is 2. The van der Waals surface area contributed by atoms with E-state index >= 15 is 0 Å². The van der Waals surface area contributed by atoms with E-state index in [1.54, 1.807) is 17.9 Å². The van der Waals surface area contributed by atoms with Gasteiger partial charge in [0.05, 0.1) is 12.1 Å². The Hall–Kier alpha value is -2.68. The molecule has 1 atom stereocenters. The zero-order valence-corrected chi connectivity index (χ0v) is 21.5. The van der Waals surface area contributed by atoms with Gasteiger partial charge in [0.25, 0.3) is 0 Å². The fourth-order valence-electron chi connectivity index (χ4n) is 5.17. The molecule has 2 aromatic rings. The topological polar surface area (TPSA) is 76.5 Å². The molecule has 0 spiro atoms. The molecule has 2 aliphatic rings. The Bertz CT molecular complexity index is 1060. The highest BCUT2D eigenvalue weighted by Gasteiger charge is 2.41. The van der Waals surface area contributed by atoms with Crippen LogP contribution in [0.25, 0.3) is 0 Å². The molecule has 0 bridgehead atoms. The van der Waals surface area contributed by atoms with Crippen molar-refractivity contribution in [1.29, 1.82) is 0 Å². The molecule has 0 unspecified atom stereocenters. The Labute approximate surface area is 213 Å². The minimum absolute atomic E-state index is 0.0437. The second-order valence-electron chi connectivity index (χ2n) is 10.6. The van der Waals surface area contributed by atoms with Crippen LogP contribution in [0.3, 0.4) is 0 Å². The second kappa shape index (κ2) is 10.7. The minimum Gasteiger partial charge on any atom is -0.490 e. The minimum atomic E-state index is -1.33. The van der Waals surface area contributed by atoms with E-state index in [-0.39, 0.29) is 31.4 Å². The molecule has 8 heteroatoms. The normalized spacial score (nSPS) is 22.8. The number of β-amino-alcohol motifs (C(OH)–C–C–N with tert-alkyl or cyclic N) is 2. The zero-order valence-electron chi connectivity index (χ0n) is 21.5. The Morgan fingerprint density at radius 2 is 1.67 bits per heavy atom. The zero-order chi connectivity index (χ0) is 25.9. The van der Waals surface area contributed by atoms with Crippen LogP contribution in [0.15, 0.2) is 42.5 Å². The summed E-state index contributed by atoms with van der Waals surface area (Å²) in [5.41, 5.74) is 0.647. The molecular formula is C28H38FN3O4. The second-order valence-corrected chi connectivity index (χ2v) is 10.6. The molecule has 2 aliphatic heterocycles. The quantitative estimate of drug-likeness (QED) is 0.637. The van der Waals surface area contributed by atoms with Gasteiger partial charge in [-0.15, -0.1) is 0 Å². The van der Waals surface area contributed by atoms with Crippen LogP contribution in [0.5, 0.6) is 5.75 Å². The fourth-order valence-corrected chi connectivity index (χ4v) is 5.17. The molecule has 4 rings (SSSR count). The molecule has 2 aromatic carbocycles. The summed E-state index contributed by atoms with van der Waals surface area (Å²) < 4.78 is 19.5. The van der Waals surface area contributed by atoms with Crippen LogP contribution in [0.1, 0.15) is 30.9 Å². The average Bonchev–Trinajstić information content (AvgIpc) is 3.00. The first-order valence-corrected chi connectivity index (χ1v) is 12.7. The van der Waals surface area contributed by atoms with E-state index < -0.39 is 11.2 Å². The number of hydrogen-bond acceptors (Lipinski definition) is 6. The van der Waals surface area contributed by atoms with E-state index in [4.69, 9.17) is 4.74 Å². The van der Waals surface area contributed by atoms with Gasteiger partial charge in [-0.3, -0.25) is 9.69 Å². The van der Waals surface area contributed by atoms with Crippen molar-refractivity contribution < 1.29 is 24.1 Å². The summed E-state index contributed by atoms with van der Waals surface area (Å²) in [5.74, 6) is 0.0405. The van der Waals surface area contributed by atoms with Gasteiger partial charge in [0.1, 0.15) is 23.8 Å². The highest BCUT2D eigenvalue weighted by atomic mass is 19.1. The van der Waals surface area contributed by atoms with Crippen LogP contribution >= 0.6 is 0 Å². The number of benzene rings is 2. The molecule has 196 valence electrons. The first kappa shape index (κ1) is 26.4. The summed E-state index contributed by atoms with van der Waals surface area (Å²) in [6.07, 6.45) is 1.25. The van der Waals surface area contributed by atoms with E-state index in [9.17, 15) is 19.4 Å². The van der Waals surface area contributed by atoms with E-state index in [0.29, 0.717) is 43.8 Å². The number of nitrogens with zero attached hydrogens (tertiary/aromatic N) is 3. The van der Waals surface area contributed by atoms with Crippen LogP contribution < -0.4 is 9.64 Å². The van der Waals surface area contributed by atoms with E-state index in [1.807, 2.05) is 4.90 Å². The molecule has 2 N–H and O–H groups in total. The number of rotatable bonds is 6. The van der Waals surface area contributed by atoms with Gasteiger partial charge in [-0.2, -0.15) is 0 Å².